The van der Waals surface area contributed by atoms with Crippen molar-refractivity contribution in [2.24, 2.45) is 17.3 Å². The molecule has 20 heavy (non-hydrogen) atoms. The van der Waals surface area contributed by atoms with E-state index in [9.17, 15) is 14.7 Å². The Kier molecular flexibility index (Phi) is 2.82. The van der Waals surface area contributed by atoms with E-state index in [1.165, 1.54) is 24.2 Å². The van der Waals surface area contributed by atoms with Gasteiger partial charge in [-0.1, -0.05) is 0 Å². The van der Waals surface area contributed by atoms with Gasteiger partial charge in [-0.25, -0.2) is 9.59 Å². The highest BCUT2D eigenvalue weighted by molar-refractivity contribution is 5.81. The number of carboxylic acid groups (broad SMARTS) is 1. The zero-order valence-electron chi connectivity index (χ0n) is 12.4. The van der Waals surface area contributed by atoms with E-state index in [0.29, 0.717) is 24.3 Å². The van der Waals surface area contributed by atoms with Crippen LogP contribution in [0.25, 0.3) is 0 Å². The van der Waals surface area contributed by atoms with Crippen LogP contribution in [0.15, 0.2) is 0 Å². The highest BCUT2D eigenvalue weighted by atomic mass is 16.6. The van der Waals surface area contributed by atoms with E-state index in [1.807, 2.05) is 0 Å². The fourth-order valence-electron chi connectivity index (χ4n) is 4.08. The maximum absolute atomic E-state index is 12.2. The lowest BCUT2D eigenvalue weighted by molar-refractivity contribution is -0.149. The first-order valence-electron chi connectivity index (χ1n) is 7.43. The molecule has 2 atom stereocenters. The minimum atomic E-state index is -0.912. The van der Waals surface area contributed by atoms with Crippen LogP contribution >= 0.6 is 0 Å². The third kappa shape index (κ3) is 2.07. The number of rotatable bonds is 2. The van der Waals surface area contributed by atoms with Gasteiger partial charge in [0.25, 0.3) is 0 Å². The van der Waals surface area contributed by atoms with Crippen LogP contribution in [-0.2, 0) is 9.53 Å². The molecule has 1 aliphatic heterocycles. The molecule has 4 fully saturated rings. The van der Waals surface area contributed by atoms with E-state index in [1.54, 1.807) is 20.8 Å². The van der Waals surface area contributed by atoms with Gasteiger partial charge >= 0.3 is 12.1 Å². The van der Waals surface area contributed by atoms with Crippen molar-refractivity contribution in [3.8, 4) is 0 Å². The van der Waals surface area contributed by atoms with Crippen LogP contribution in [0.1, 0.15) is 46.5 Å². The summed E-state index contributed by atoms with van der Waals surface area (Å²) in [5.41, 5.74) is -0.246. The molecule has 0 aromatic rings. The van der Waals surface area contributed by atoms with Crippen molar-refractivity contribution in [2.45, 2.75) is 58.1 Å². The van der Waals surface area contributed by atoms with Gasteiger partial charge in [-0.2, -0.15) is 0 Å². The molecule has 1 N–H and O–H groups in total. The van der Waals surface area contributed by atoms with Crippen LogP contribution in [0.2, 0.25) is 0 Å². The van der Waals surface area contributed by atoms with Gasteiger partial charge in [-0.3, -0.25) is 4.90 Å². The summed E-state index contributed by atoms with van der Waals surface area (Å²) in [4.78, 5) is 25.1. The minimum Gasteiger partial charge on any atom is -0.480 e. The van der Waals surface area contributed by atoms with Gasteiger partial charge in [0.1, 0.15) is 11.6 Å². The molecule has 1 heterocycles. The van der Waals surface area contributed by atoms with Crippen molar-refractivity contribution in [1.82, 2.24) is 4.90 Å². The second-order valence-corrected chi connectivity index (χ2v) is 7.76. The zero-order chi connectivity index (χ0) is 14.7. The van der Waals surface area contributed by atoms with Gasteiger partial charge < -0.3 is 9.84 Å². The number of nitrogens with zero attached hydrogens (tertiary/aromatic N) is 1. The average molecular weight is 281 g/mol. The Morgan fingerprint density at radius 3 is 2.25 bits per heavy atom. The highest BCUT2D eigenvalue weighted by Gasteiger charge is 2.63. The maximum Gasteiger partial charge on any atom is 0.411 e. The van der Waals surface area contributed by atoms with Crippen LogP contribution in [0.5, 0.6) is 0 Å². The molecule has 1 amide bonds. The zero-order valence-corrected chi connectivity index (χ0v) is 12.4. The van der Waals surface area contributed by atoms with Crippen LogP contribution in [-0.4, -0.2) is 40.3 Å². The lowest BCUT2D eigenvalue weighted by atomic mass is 9.40. The first-order valence-corrected chi connectivity index (χ1v) is 7.43. The van der Waals surface area contributed by atoms with Crippen molar-refractivity contribution in [3.05, 3.63) is 0 Å². The Morgan fingerprint density at radius 1 is 1.25 bits per heavy atom. The summed E-state index contributed by atoms with van der Waals surface area (Å²) < 4.78 is 5.35. The largest absolute Gasteiger partial charge is 0.480 e. The van der Waals surface area contributed by atoms with Crippen LogP contribution in [0, 0.1) is 17.3 Å². The third-order valence-electron chi connectivity index (χ3n) is 5.17. The topological polar surface area (TPSA) is 66.8 Å². The average Bonchev–Trinajstić information content (AvgIpc) is 2.54. The summed E-state index contributed by atoms with van der Waals surface area (Å²) in [5, 5.41) is 9.37. The molecule has 112 valence electrons. The number of amides is 1. The van der Waals surface area contributed by atoms with Gasteiger partial charge in [0.2, 0.25) is 0 Å². The number of carboxylic acids is 1. The Balaban J connectivity index is 1.71. The van der Waals surface area contributed by atoms with E-state index in [-0.39, 0.29) is 0 Å². The fourth-order valence-corrected chi connectivity index (χ4v) is 4.08. The molecular weight excluding hydrogens is 258 g/mol. The summed E-state index contributed by atoms with van der Waals surface area (Å²) in [6.07, 6.45) is 3.78. The molecule has 4 rings (SSSR count). The summed E-state index contributed by atoms with van der Waals surface area (Å²) in [5.74, 6) is 0.292. The normalized spacial score (nSPS) is 39.0. The van der Waals surface area contributed by atoms with Gasteiger partial charge in [-0.05, 0) is 63.7 Å². The summed E-state index contributed by atoms with van der Waals surface area (Å²) >= 11 is 0. The fraction of sp³-hybridized carbons (Fsp3) is 0.867. The Hall–Kier alpha value is -1.26. The minimum absolute atomic E-state index is 0.334. The summed E-state index contributed by atoms with van der Waals surface area (Å²) in [6, 6.07) is -0.719. The summed E-state index contributed by atoms with van der Waals surface area (Å²) in [6.45, 7) is 5.94. The van der Waals surface area contributed by atoms with Crippen molar-refractivity contribution in [3.63, 3.8) is 0 Å². The summed E-state index contributed by atoms with van der Waals surface area (Å²) in [7, 11) is 0. The van der Waals surface area contributed by atoms with E-state index in [2.05, 4.69) is 0 Å². The Bertz CT molecular complexity index is 436. The van der Waals surface area contributed by atoms with Gasteiger partial charge in [0, 0.05) is 6.54 Å². The number of hydrogen-bond acceptors (Lipinski definition) is 3. The maximum atomic E-state index is 12.2. The Labute approximate surface area is 119 Å². The predicted octanol–water partition coefficient (Wildman–Crippen LogP) is 2.50. The van der Waals surface area contributed by atoms with Crippen LogP contribution in [0.4, 0.5) is 4.79 Å². The first kappa shape index (κ1) is 13.7. The smallest absolute Gasteiger partial charge is 0.411 e. The monoisotopic (exact) mass is 281 g/mol. The lowest BCUT2D eigenvalue weighted by Gasteiger charge is -2.65. The first-order chi connectivity index (χ1) is 9.20. The van der Waals surface area contributed by atoms with Gasteiger partial charge in [0.15, 0.2) is 0 Å². The van der Waals surface area contributed by atoms with Crippen molar-refractivity contribution >= 4 is 12.1 Å². The predicted molar refractivity (Wildman–Crippen MR) is 72.2 cm³/mol. The highest BCUT2D eigenvalue weighted by Crippen LogP contribution is 2.69. The third-order valence-corrected chi connectivity index (χ3v) is 5.17. The molecule has 0 aromatic carbocycles. The Morgan fingerprint density at radius 2 is 1.85 bits per heavy atom. The molecule has 3 aliphatic carbocycles. The molecular formula is C15H23NO4. The number of carbonyl (C=O) groups excluding carboxylic acids is 1. The van der Waals surface area contributed by atoms with E-state index in [4.69, 9.17) is 4.74 Å². The quantitative estimate of drug-likeness (QED) is 0.844. The molecule has 3 saturated carbocycles. The number of ether oxygens (including phenoxy) is 1. The van der Waals surface area contributed by atoms with Crippen molar-refractivity contribution in [1.29, 1.82) is 0 Å². The molecule has 0 spiro atoms. The molecule has 4 aliphatic rings. The molecule has 1 unspecified atom stereocenters. The molecule has 5 nitrogen and oxygen atoms in total. The second kappa shape index (κ2) is 4.12. The molecule has 0 aromatic heterocycles. The van der Waals surface area contributed by atoms with Crippen molar-refractivity contribution in [2.75, 3.05) is 6.54 Å². The number of carbonyl (C=O) groups is 2. The number of aliphatic carboxylic acids is 1. The molecule has 5 heteroatoms. The second-order valence-electron chi connectivity index (χ2n) is 7.76. The van der Waals surface area contributed by atoms with Gasteiger partial charge in [0.05, 0.1) is 0 Å². The SMILES string of the molecule is CC(C)(C)OC(=O)N1CC(C23CC(C2)C3)C[C@H]1C(=O)O. The van der Waals surface area contributed by atoms with Crippen molar-refractivity contribution < 1.29 is 19.4 Å². The molecule has 1 saturated heterocycles. The van der Waals surface area contributed by atoms with E-state index < -0.39 is 23.7 Å². The molecule has 2 bridgehead atoms. The standard InChI is InChI=1S/C15H23NO4/c1-14(2,3)20-13(19)16-8-10(4-11(16)12(17)18)15-5-9(6-15)7-15/h9-11H,4-8H2,1-3H3,(H,17,18)/t9?,10?,11-,15?/m0/s1. The lowest BCUT2D eigenvalue weighted by Crippen LogP contribution is -2.56. The molecule has 0 radical (unpaired) electrons. The van der Waals surface area contributed by atoms with Crippen LogP contribution < -0.4 is 0 Å². The van der Waals surface area contributed by atoms with Crippen LogP contribution in [0.3, 0.4) is 0 Å². The number of likely N-dealkylation sites (tertiary alicyclic amines) is 1. The van der Waals surface area contributed by atoms with E-state index >= 15 is 0 Å². The van der Waals surface area contributed by atoms with Gasteiger partial charge in [-0.15, -0.1) is 0 Å². The van der Waals surface area contributed by atoms with E-state index in [0.717, 1.165) is 5.92 Å². The number of hydrogen-bond donors (Lipinski definition) is 1.